The van der Waals surface area contributed by atoms with Crippen LogP contribution in [-0.2, 0) is 5.41 Å². The first kappa shape index (κ1) is 15.7. The maximum absolute atomic E-state index is 6.36. The lowest BCUT2D eigenvalue weighted by molar-refractivity contribution is 0.415. The van der Waals surface area contributed by atoms with E-state index in [0.717, 1.165) is 33.6 Å². The highest BCUT2D eigenvalue weighted by Crippen LogP contribution is 2.32. The van der Waals surface area contributed by atoms with E-state index in [1.54, 1.807) is 19.5 Å². The van der Waals surface area contributed by atoms with Crippen LogP contribution in [0.5, 0.6) is 5.75 Å². The summed E-state index contributed by atoms with van der Waals surface area (Å²) in [5, 5.41) is 1.19. The summed E-state index contributed by atoms with van der Waals surface area (Å²) in [7, 11) is 1.65. The minimum atomic E-state index is -0.182. The summed E-state index contributed by atoms with van der Waals surface area (Å²) in [6.45, 7) is 6.20. The van der Waals surface area contributed by atoms with Gasteiger partial charge in [-0.2, -0.15) is 0 Å². The predicted octanol–water partition coefficient (Wildman–Crippen LogP) is 4.65. The molecular formula is C18H18ClN3O. The Balaban J connectivity index is 2.25. The Labute approximate surface area is 140 Å². The minimum Gasteiger partial charge on any atom is -0.497 e. The van der Waals surface area contributed by atoms with Crippen LogP contribution in [0, 0.1) is 0 Å². The second kappa shape index (κ2) is 5.78. The van der Waals surface area contributed by atoms with Crippen molar-refractivity contribution < 1.29 is 4.74 Å². The van der Waals surface area contributed by atoms with Crippen LogP contribution in [-0.4, -0.2) is 22.1 Å². The van der Waals surface area contributed by atoms with Crippen LogP contribution in [0.15, 0.2) is 36.7 Å². The Hall–Kier alpha value is -2.20. The number of methoxy groups -OCH3 is 1. The van der Waals surface area contributed by atoms with Crippen molar-refractivity contribution in [1.82, 2.24) is 15.0 Å². The number of hydrogen-bond acceptors (Lipinski definition) is 4. The summed E-state index contributed by atoms with van der Waals surface area (Å²) in [6, 6.07) is 7.81. The van der Waals surface area contributed by atoms with E-state index in [1.807, 2.05) is 24.3 Å². The Morgan fingerprint density at radius 1 is 1.00 bits per heavy atom. The fourth-order valence-corrected chi connectivity index (χ4v) is 2.54. The van der Waals surface area contributed by atoms with Gasteiger partial charge in [-0.1, -0.05) is 44.5 Å². The number of hydrogen-bond donors (Lipinski definition) is 0. The Kier molecular flexibility index (Phi) is 3.94. The fraction of sp³-hybridized carbons (Fsp3) is 0.278. The second-order valence-electron chi connectivity index (χ2n) is 6.40. The molecule has 0 atom stereocenters. The number of ether oxygens (including phenoxy) is 1. The zero-order chi connectivity index (χ0) is 16.6. The lowest BCUT2D eigenvalue weighted by Gasteiger charge is -2.18. The monoisotopic (exact) mass is 327 g/mol. The molecule has 118 valence electrons. The number of rotatable bonds is 2. The zero-order valence-corrected chi connectivity index (χ0v) is 14.3. The summed E-state index contributed by atoms with van der Waals surface area (Å²) in [5.74, 6) is 1.53. The Morgan fingerprint density at radius 2 is 1.70 bits per heavy atom. The van der Waals surface area contributed by atoms with Crippen LogP contribution in [0.2, 0.25) is 5.15 Å². The normalized spacial score (nSPS) is 11.7. The third-order valence-corrected chi connectivity index (χ3v) is 3.92. The molecule has 2 heterocycles. The van der Waals surface area contributed by atoms with Crippen LogP contribution in [0.3, 0.4) is 0 Å². The number of pyridine rings is 1. The molecule has 0 fully saturated rings. The molecule has 3 rings (SSSR count). The molecule has 0 aliphatic carbocycles. The number of halogens is 1. The van der Waals surface area contributed by atoms with Gasteiger partial charge in [0.1, 0.15) is 16.7 Å². The van der Waals surface area contributed by atoms with Crippen LogP contribution in [0.25, 0.3) is 22.0 Å². The largest absolute Gasteiger partial charge is 0.497 e. The third kappa shape index (κ3) is 2.99. The van der Waals surface area contributed by atoms with Gasteiger partial charge in [0.2, 0.25) is 0 Å². The SMILES string of the molecule is COc1ccc(-c2cncc3c(Cl)nc(C(C)(C)C)nc23)cc1. The summed E-state index contributed by atoms with van der Waals surface area (Å²) >= 11 is 6.36. The van der Waals surface area contributed by atoms with Gasteiger partial charge in [0.15, 0.2) is 0 Å². The molecule has 1 aromatic carbocycles. The van der Waals surface area contributed by atoms with Gasteiger partial charge in [-0.05, 0) is 17.7 Å². The van der Waals surface area contributed by atoms with Crippen LogP contribution in [0.1, 0.15) is 26.6 Å². The highest BCUT2D eigenvalue weighted by atomic mass is 35.5. The second-order valence-corrected chi connectivity index (χ2v) is 6.76. The average molecular weight is 328 g/mol. The maximum Gasteiger partial charge on any atom is 0.142 e. The molecule has 0 amide bonds. The standard InChI is InChI=1S/C18H18ClN3O/c1-18(2,3)17-21-15-13(9-20-10-14(15)16(19)22-17)11-5-7-12(23-4)8-6-11/h5-10H,1-4H3. The quantitative estimate of drug-likeness (QED) is 0.643. The maximum atomic E-state index is 6.36. The predicted molar refractivity (Wildman–Crippen MR) is 93.0 cm³/mol. The fourth-order valence-electron chi connectivity index (χ4n) is 2.33. The van der Waals surface area contributed by atoms with Gasteiger partial charge < -0.3 is 4.74 Å². The smallest absolute Gasteiger partial charge is 0.142 e. The van der Waals surface area contributed by atoms with Gasteiger partial charge in [-0.3, -0.25) is 4.98 Å². The van der Waals surface area contributed by atoms with Crippen LogP contribution >= 0.6 is 11.6 Å². The van der Waals surface area contributed by atoms with Crippen molar-refractivity contribution in [1.29, 1.82) is 0 Å². The topological polar surface area (TPSA) is 47.9 Å². The van der Waals surface area contributed by atoms with Gasteiger partial charge >= 0.3 is 0 Å². The van der Waals surface area contributed by atoms with E-state index >= 15 is 0 Å². The van der Waals surface area contributed by atoms with Crippen molar-refractivity contribution in [3.63, 3.8) is 0 Å². The number of benzene rings is 1. The third-order valence-electron chi connectivity index (χ3n) is 3.63. The highest BCUT2D eigenvalue weighted by Gasteiger charge is 2.20. The van der Waals surface area contributed by atoms with Crippen molar-refractivity contribution in [2.45, 2.75) is 26.2 Å². The van der Waals surface area contributed by atoms with Crippen LogP contribution < -0.4 is 4.74 Å². The molecule has 4 nitrogen and oxygen atoms in total. The van der Waals surface area contributed by atoms with Crippen molar-refractivity contribution in [2.24, 2.45) is 0 Å². The molecule has 0 radical (unpaired) electrons. The molecule has 0 saturated carbocycles. The minimum absolute atomic E-state index is 0.182. The highest BCUT2D eigenvalue weighted by molar-refractivity contribution is 6.34. The van der Waals surface area contributed by atoms with E-state index < -0.39 is 0 Å². The molecule has 0 N–H and O–H groups in total. The van der Waals surface area contributed by atoms with Gasteiger partial charge in [-0.25, -0.2) is 9.97 Å². The molecule has 2 aromatic heterocycles. The first-order valence-electron chi connectivity index (χ1n) is 7.36. The van der Waals surface area contributed by atoms with E-state index in [4.69, 9.17) is 21.3 Å². The number of fused-ring (bicyclic) bond motifs is 1. The van der Waals surface area contributed by atoms with Gasteiger partial charge in [0.05, 0.1) is 18.0 Å². The van der Waals surface area contributed by atoms with Gasteiger partial charge in [0.25, 0.3) is 0 Å². The summed E-state index contributed by atoms with van der Waals surface area (Å²) in [6.07, 6.45) is 3.51. The first-order chi connectivity index (χ1) is 10.9. The molecule has 3 aromatic rings. The molecule has 0 saturated heterocycles. The molecule has 23 heavy (non-hydrogen) atoms. The summed E-state index contributed by atoms with van der Waals surface area (Å²) in [4.78, 5) is 13.5. The lowest BCUT2D eigenvalue weighted by atomic mass is 9.95. The van der Waals surface area contributed by atoms with Gasteiger partial charge in [0, 0.05) is 23.4 Å². The van der Waals surface area contributed by atoms with Crippen molar-refractivity contribution in [3.05, 3.63) is 47.6 Å². The van der Waals surface area contributed by atoms with Gasteiger partial charge in [-0.15, -0.1) is 0 Å². The summed E-state index contributed by atoms with van der Waals surface area (Å²) in [5.41, 5.74) is 2.58. The van der Waals surface area contributed by atoms with Crippen molar-refractivity contribution in [3.8, 4) is 16.9 Å². The van der Waals surface area contributed by atoms with E-state index in [9.17, 15) is 0 Å². The molecule has 0 bridgehead atoms. The van der Waals surface area contributed by atoms with Crippen molar-refractivity contribution >= 4 is 22.5 Å². The average Bonchev–Trinajstić information content (AvgIpc) is 2.53. The van der Waals surface area contributed by atoms with E-state index in [-0.39, 0.29) is 5.41 Å². The van der Waals surface area contributed by atoms with Crippen molar-refractivity contribution in [2.75, 3.05) is 7.11 Å². The molecule has 5 heteroatoms. The van der Waals surface area contributed by atoms with Crippen LogP contribution in [0.4, 0.5) is 0 Å². The number of nitrogens with zero attached hydrogens (tertiary/aromatic N) is 3. The number of aromatic nitrogens is 3. The first-order valence-corrected chi connectivity index (χ1v) is 7.74. The zero-order valence-electron chi connectivity index (χ0n) is 13.6. The van der Waals surface area contributed by atoms with E-state index in [2.05, 4.69) is 30.7 Å². The Morgan fingerprint density at radius 3 is 2.30 bits per heavy atom. The molecule has 0 aliphatic heterocycles. The molecule has 0 aliphatic rings. The van der Waals surface area contributed by atoms with E-state index in [1.165, 1.54) is 0 Å². The molecule has 0 spiro atoms. The Bertz CT molecular complexity index is 855. The molecular weight excluding hydrogens is 310 g/mol. The van der Waals surface area contributed by atoms with E-state index in [0.29, 0.717) is 5.15 Å². The summed E-state index contributed by atoms with van der Waals surface area (Å²) < 4.78 is 5.21. The lowest BCUT2D eigenvalue weighted by Crippen LogP contribution is -2.16. The molecule has 0 unspecified atom stereocenters.